The summed E-state index contributed by atoms with van der Waals surface area (Å²) in [6.07, 6.45) is 0. The standard InChI is InChI=1S/C18H28N2O4/c1-11(2)19(7)15-9-18(24-14(6)22)16(20(8)12(3)4)10-17(15)23-13(5)21/h9-12H,1-8H3. The highest BCUT2D eigenvalue weighted by Crippen LogP contribution is 2.41. The lowest BCUT2D eigenvalue weighted by Crippen LogP contribution is -2.29. The van der Waals surface area contributed by atoms with Crippen LogP contribution in [-0.4, -0.2) is 38.1 Å². The van der Waals surface area contributed by atoms with E-state index < -0.39 is 11.9 Å². The molecule has 0 atom stereocenters. The van der Waals surface area contributed by atoms with Gasteiger partial charge in [0, 0.05) is 52.2 Å². The summed E-state index contributed by atoms with van der Waals surface area (Å²) < 4.78 is 10.8. The number of ether oxygens (including phenoxy) is 2. The van der Waals surface area contributed by atoms with Gasteiger partial charge in [-0.25, -0.2) is 0 Å². The maximum Gasteiger partial charge on any atom is 0.308 e. The molecular formula is C18H28N2O4. The molecule has 6 nitrogen and oxygen atoms in total. The fourth-order valence-electron chi connectivity index (χ4n) is 2.12. The Balaban J connectivity index is 3.57. The molecule has 0 heterocycles. The van der Waals surface area contributed by atoms with Crippen LogP contribution in [0.2, 0.25) is 0 Å². The Morgan fingerprint density at radius 2 is 1.08 bits per heavy atom. The van der Waals surface area contributed by atoms with Gasteiger partial charge in [0.05, 0.1) is 11.4 Å². The minimum atomic E-state index is -0.396. The Labute approximate surface area is 144 Å². The molecule has 1 aromatic carbocycles. The van der Waals surface area contributed by atoms with Gasteiger partial charge in [-0.1, -0.05) is 0 Å². The number of anilines is 2. The second-order valence-electron chi connectivity index (χ2n) is 6.38. The number of benzene rings is 1. The lowest BCUT2D eigenvalue weighted by Gasteiger charge is -2.30. The van der Waals surface area contributed by atoms with Gasteiger partial charge in [0.15, 0.2) is 11.5 Å². The monoisotopic (exact) mass is 336 g/mol. The summed E-state index contributed by atoms with van der Waals surface area (Å²) in [5, 5.41) is 0. The van der Waals surface area contributed by atoms with E-state index in [-0.39, 0.29) is 12.1 Å². The molecule has 134 valence electrons. The molecule has 0 aromatic heterocycles. The summed E-state index contributed by atoms with van der Waals surface area (Å²) in [6, 6.07) is 3.85. The molecule has 0 unspecified atom stereocenters. The number of esters is 2. The van der Waals surface area contributed by atoms with Gasteiger partial charge in [0.25, 0.3) is 0 Å². The topological polar surface area (TPSA) is 59.1 Å². The average molecular weight is 336 g/mol. The van der Waals surface area contributed by atoms with Crippen LogP contribution in [-0.2, 0) is 9.59 Å². The van der Waals surface area contributed by atoms with E-state index in [1.807, 2.05) is 51.6 Å². The molecule has 0 saturated carbocycles. The predicted molar refractivity (Wildman–Crippen MR) is 96.1 cm³/mol. The Kier molecular flexibility index (Phi) is 6.63. The first-order valence-electron chi connectivity index (χ1n) is 8.05. The normalized spacial score (nSPS) is 10.8. The highest BCUT2D eigenvalue weighted by molar-refractivity contribution is 5.80. The van der Waals surface area contributed by atoms with Gasteiger partial charge in [-0.05, 0) is 27.7 Å². The lowest BCUT2D eigenvalue weighted by molar-refractivity contribution is -0.133. The molecule has 0 amide bonds. The second-order valence-corrected chi connectivity index (χ2v) is 6.38. The van der Waals surface area contributed by atoms with Crippen LogP contribution in [0.5, 0.6) is 11.5 Å². The van der Waals surface area contributed by atoms with Gasteiger partial charge in [-0.2, -0.15) is 0 Å². The predicted octanol–water partition coefficient (Wildman–Crippen LogP) is 3.23. The minimum absolute atomic E-state index is 0.179. The first kappa shape index (κ1) is 19.8. The van der Waals surface area contributed by atoms with Gasteiger partial charge < -0.3 is 19.3 Å². The van der Waals surface area contributed by atoms with Crippen molar-refractivity contribution in [3.63, 3.8) is 0 Å². The Hall–Kier alpha value is -2.24. The highest BCUT2D eigenvalue weighted by Gasteiger charge is 2.21. The van der Waals surface area contributed by atoms with E-state index in [4.69, 9.17) is 9.47 Å². The molecule has 1 rings (SSSR count). The molecule has 0 aliphatic rings. The number of nitrogens with zero attached hydrogens (tertiary/aromatic N) is 2. The van der Waals surface area contributed by atoms with Crippen LogP contribution in [0.15, 0.2) is 12.1 Å². The Morgan fingerprint density at radius 1 is 0.792 bits per heavy atom. The largest absolute Gasteiger partial charge is 0.424 e. The molecule has 0 spiro atoms. The van der Waals surface area contributed by atoms with Crippen molar-refractivity contribution >= 4 is 23.3 Å². The summed E-state index contributed by atoms with van der Waals surface area (Å²) in [6.45, 7) is 10.8. The molecule has 0 N–H and O–H groups in total. The minimum Gasteiger partial charge on any atom is -0.424 e. The van der Waals surface area contributed by atoms with E-state index in [1.54, 1.807) is 12.1 Å². The van der Waals surface area contributed by atoms with Crippen LogP contribution in [0.4, 0.5) is 11.4 Å². The summed E-state index contributed by atoms with van der Waals surface area (Å²) in [5.74, 6) is 0.0905. The van der Waals surface area contributed by atoms with E-state index >= 15 is 0 Å². The summed E-state index contributed by atoms with van der Waals surface area (Å²) >= 11 is 0. The molecule has 6 heteroatoms. The average Bonchev–Trinajstić information content (AvgIpc) is 2.45. The van der Waals surface area contributed by atoms with Crippen molar-refractivity contribution in [2.45, 2.75) is 53.6 Å². The second kappa shape index (κ2) is 8.04. The Morgan fingerprint density at radius 3 is 1.29 bits per heavy atom. The molecule has 24 heavy (non-hydrogen) atoms. The maximum atomic E-state index is 11.5. The molecule has 0 aliphatic heterocycles. The van der Waals surface area contributed by atoms with Crippen LogP contribution < -0.4 is 19.3 Å². The summed E-state index contributed by atoms with van der Waals surface area (Å²) in [4.78, 5) is 26.9. The van der Waals surface area contributed by atoms with Crippen LogP contribution >= 0.6 is 0 Å². The first-order valence-corrected chi connectivity index (χ1v) is 8.05. The van der Waals surface area contributed by atoms with Crippen molar-refractivity contribution in [1.29, 1.82) is 0 Å². The highest BCUT2D eigenvalue weighted by atomic mass is 16.5. The molecule has 0 bridgehead atoms. The fraction of sp³-hybridized carbons (Fsp3) is 0.556. The van der Waals surface area contributed by atoms with Crippen molar-refractivity contribution in [1.82, 2.24) is 0 Å². The van der Waals surface area contributed by atoms with Crippen LogP contribution in [0, 0.1) is 0 Å². The van der Waals surface area contributed by atoms with Crippen LogP contribution in [0.1, 0.15) is 41.5 Å². The van der Waals surface area contributed by atoms with Gasteiger partial charge in [-0.15, -0.1) is 0 Å². The van der Waals surface area contributed by atoms with Crippen molar-refractivity contribution in [2.24, 2.45) is 0 Å². The molecule has 0 aliphatic carbocycles. The zero-order chi connectivity index (χ0) is 18.6. The zero-order valence-corrected chi connectivity index (χ0v) is 15.8. The van der Waals surface area contributed by atoms with Crippen LogP contribution in [0.3, 0.4) is 0 Å². The van der Waals surface area contributed by atoms with Gasteiger partial charge in [0.1, 0.15) is 0 Å². The third-order valence-corrected chi connectivity index (χ3v) is 3.86. The van der Waals surface area contributed by atoms with Crippen molar-refractivity contribution in [2.75, 3.05) is 23.9 Å². The van der Waals surface area contributed by atoms with Gasteiger partial charge in [0.2, 0.25) is 0 Å². The number of carbonyl (C=O) groups is 2. The summed E-state index contributed by atoms with van der Waals surface area (Å²) in [7, 11) is 3.80. The number of carbonyl (C=O) groups excluding carboxylic acids is 2. The molecular weight excluding hydrogens is 308 g/mol. The third-order valence-electron chi connectivity index (χ3n) is 3.86. The quantitative estimate of drug-likeness (QED) is 0.587. The fourth-order valence-corrected chi connectivity index (χ4v) is 2.12. The number of hydrogen-bond donors (Lipinski definition) is 0. The number of hydrogen-bond acceptors (Lipinski definition) is 6. The van der Waals surface area contributed by atoms with Gasteiger partial charge >= 0.3 is 11.9 Å². The Bertz CT molecular complexity index is 558. The summed E-state index contributed by atoms with van der Waals surface area (Å²) in [5.41, 5.74) is 1.38. The van der Waals surface area contributed by atoms with E-state index in [1.165, 1.54) is 13.8 Å². The van der Waals surface area contributed by atoms with E-state index in [2.05, 4.69) is 0 Å². The molecule has 0 radical (unpaired) electrons. The maximum absolute atomic E-state index is 11.5. The van der Waals surface area contributed by atoms with Crippen molar-refractivity contribution in [3.8, 4) is 11.5 Å². The third kappa shape index (κ3) is 4.88. The smallest absolute Gasteiger partial charge is 0.308 e. The van der Waals surface area contributed by atoms with Crippen molar-refractivity contribution in [3.05, 3.63) is 12.1 Å². The molecule has 0 fully saturated rings. The first-order chi connectivity index (χ1) is 11.0. The van der Waals surface area contributed by atoms with E-state index in [0.29, 0.717) is 22.9 Å². The SMILES string of the molecule is CC(=O)Oc1cc(N(C)C(C)C)c(OC(C)=O)cc1N(C)C(C)C. The number of rotatable bonds is 6. The van der Waals surface area contributed by atoms with Gasteiger partial charge in [-0.3, -0.25) is 9.59 Å². The molecule has 0 saturated heterocycles. The zero-order valence-electron chi connectivity index (χ0n) is 15.8. The van der Waals surface area contributed by atoms with E-state index in [9.17, 15) is 9.59 Å². The van der Waals surface area contributed by atoms with Crippen molar-refractivity contribution < 1.29 is 19.1 Å². The van der Waals surface area contributed by atoms with E-state index in [0.717, 1.165) is 0 Å². The van der Waals surface area contributed by atoms with Crippen LogP contribution in [0.25, 0.3) is 0 Å². The lowest BCUT2D eigenvalue weighted by atomic mass is 10.1. The molecule has 1 aromatic rings.